The molecule has 9 heteroatoms. The number of nitrogens with zero attached hydrogens (tertiary/aromatic N) is 2. The summed E-state index contributed by atoms with van der Waals surface area (Å²) in [7, 11) is -2.07. The predicted octanol–water partition coefficient (Wildman–Crippen LogP) is 3.47. The number of carbonyl (C=O) groups excluding carboxylic acids is 1. The molecule has 2 aromatic rings. The summed E-state index contributed by atoms with van der Waals surface area (Å²) >= 11 is 11.8. The monoisotopic (exact) mass is 456 g/mol. The van der Waals surface area contributed by atoms with E-state index in [0.29, 0.717) is 31.0 Å². The van der Waals surface area contributed by atoms with Crippen LogP contribution in [0.15, 0.2) is 47.4 Å². The van der Waals surface area contributed by atoms with E-state index in [0.717, 1.165) is 11.3 Å². The number of benzene rings is 2. The third kappa shape index (κ3) is 5.04. The van der Waals surface area contributed by atoms with E-state index in [1.807, 2.05) is 24.3 Å². The van der Waals surface area contributed by atoms with Crippen molar-refractivity contribution >= 4 is 39.1 Å². The van der Waals surface area contributed by atoms with Crippen LogP contribution < -0.4 is 4.74 Å². The molecule has 0 spiro atoms. The molecule has 3 rings (SSSR count). The van der Waals surface area contributed by atoms with Gasteiger partial charge < -0.3 is 9.64 Å². The minimum absolute atomic E-state index is 0.00231. The first-order valence-corrected chi connectivity index (χ1v) is 11.4. The van der Waals surface area contributed by atoms with Crippen LogP contribution in [0.4, 0.5) is 0 Å². The molecule has 1 heterocycles. The first-order valence-electron chi connectivity index (χ1n) is 9.18. The van der Waals surface area contributed by atoms with Gasteiger partial charge in [0.05, 0.1) is 22.1 Å². The fraction of sp³-hybridized carbons (Fsp3) is 0.350. The van der Waals surface area contributed by atoms with Crippen LogP contribution in [0.3, 0.4) is 0 Å². The lowest BCUT2D eigenvalue weighted by Gasteiger charge is -2.34. The molecule has 0 bridgehead atoms. The van der Waals surface area contributed by atoms with E-state index < -0.39 is 10.0 Å². The van der Waals surface area contributed by atoms with Crippen molar-refractivity contribution in [2.24, 2.45) is 0 Å². The molecule has 0 unspecified atom stereocenters. The summed E-state index contributed by atoms with van der Waals surface area (Å²) in [5.74, 6) is 0.764. The second-order valence-electron chi connectivity index (χ2n) is 6.67. The zero-order valence-corrected chi connectivity index (χ0v) is 18.3. The highest BCUT2D eigenvalue weighted by molar-refractivity contribution is 7.89. The first-order chi connectivity index (χ1) is 13.8. The summed E-state index contributed by atoms with van der Waals surface area (Å²) < 4.78 is 32.3. The zero-order chi connectivity index (χ0) is 21.0. The van der Waals surface area contributed by atoms with Gasteiger partial charge in [-0.05, 0) is 36.2 Å². The standard InChI is InChI=1S/C20H22Cl2N2O4S/c1-28-19-5-3-2-4-15(19)6-9-20(25)23-10-12-24(13-11-23)29(26,27)16-7-8-17(21)18(22)14-16/h2-5,7-8,14H,6,9-13H2,1H3. The molecule has 0 aromatic heterocycles. The number of piperazine rings is 1. The van der Waals surface area contributed by atoms with Crippen molar-refractivity contribution in [3.8, 4) is 5.75 Å². The molecular weight excluding hydrogens is 435 g/mol. The molecule has 0 N–H and O–H groups in total. The van der Waals surface area contributed by atoms with E-state index >= 15 is 0 Å². The van der Waals surface area contributed by atoms with Crippen LogP contribution in [0.5, 0.6) is 5.75 Å². The number of hydrogen-bond acceptors (Lipinski definition) is 4. The number of aryl methyl sites for hydroxylation is 1. The molecule has 0 aliphatic carbocycles. The number of para-hydroxylation sites is 1. The minimum Gasteiger partial charge on any atom is -0.496 e. The highest BCUT2D eigenvalue weighted by Gasteiger charge is 2.30. The van der Waals surface area contributed by atoms with Crippen LogP contribution in [-0.2, 0) is 21.2 Å². The summed E-state index contributed by atoms with van der Waals surface area (Å²) in [5, 5.41) is 0.494. The Bertz CT molecular complexity index is 990. The van der Waals surface area contributed by atoms with Crippen molar-refractivity contribution < 1.29 is 17.9 Å². The highest BCUT2D eigenvalue weighted by Crippen LogP contribution is 2.27. The Labute approximate surface area is 181 Å². The van der Waals surface area contributed by atoms with E-state index in [-0.39, 0.29) is 28.9 Å². The maximum Gasteiger partial charge on any atom is 0.243 e. The molecule has 1 aliphatic rings. The van der Waals surface area contributed by atoms with E-state index in [1.54, 1.807) is 12.0 Å². The number of halogens is 2. The molecular formula is C20H22Cl2N2O4S. The molecule has 1 fully saturated rings. The summed E-state index contributed by atoms with van der Waals surface area (Å²) in [6, 6.07) is 11.9. The van der Waals surface area contributed by atoms with Gasteiger partial charge in [0.1, 0.15) is 5.75 Å². The topological polar surface area (TPSA) is 66.9 Å². The van der Waals surface area contributed by atoms with Gasteiger partial charge in [0.15, 0.2) is 0 Å². The minimum atomic E-state index is -3.68. The second-order valence-corrected chi connectivity index (χ2v) is 9.42. The number of methoxy groups -OCH3 is 1. The van der Waals surface area contributed by atoms with Crippen LogP contribution >= 0.6 is 23.2 Å². The van der Waals surface area contributed by atoms with Crippen molar-refractivity contribution in [1.29, 1.82) is 0 Å². The molecule has 0 radical (unpaired) electrons. The van der Waals surface area contributed by atoms with Gasteiger partial charge in [0, 0.05) is 32.6 Å². The second kappa shape index (κ2) is 9.34. The smallest absolute Gasteiger partial charge is 0.243 e. The highest BCUT2D eigenvalue weighted by atomic mass is 35.5. The molecule has 156 valence electrons. The third-order valence-corrected chi connectivity index (χ3v) is 7.55. The summed E-state index contributed by atoms with van der Waals surface area (Å²) in [6.07, 6.45) is 0.921. The van der Waals surface area contributed by atoms with Gasteiger partial charge >= 0.3 is 0 Å². The lowest BCUT2D eigenvalue weighted by atomic mass is 10.1. The van der Waals surface area contributed by atoms with Crippen LogP contribution in [0.2, 0.25) is 10.0 Å². The lowest BCUT2D eigenvalue weighted by molar-refractivity contribution is -0.132. The normalized spacial score (nSPS) is 15.3. The van der Waals surface area contributed by atoms with E-state index in [9.17, 15) is 13.2 Å². The molecule has 0 atom stereocenters. The Morgan fingerprint density at radius 2 is 1.72 bits per heavy atom. The van der Waals surface area contributed by atoms with Crippen LogP contribution in [0.25, 0.3) is 0 Å². The third-order valence-electron chi connectivity index (χ3n) is 4.92. The summed E-state index contributed by atoms with van der Waals surface area (Å²) in [6.45, 7) is 1.18. The fourth-order valence-electron chi connectivity index (χ4n) is 3.27. The number of ether oxygens (including phenoxy) is 1. The predicted molar refractivity (Wildman–Crippen MR) is 113 cm³/mol. The van der Waals surface area contributed by atoms with Crippen LogP contribution in [0.1, 0.15) is 12.0 Å². The molecule has 0 saturated carbocycles. The largest absolute Gasteiger partial charge is 0.496 e. The maximum absolute atomic E-state index is 12.8. The van der Waals surface area contributed by atoms with Crippen molar-refractivity contribution in [3.63, 3.8) is 0 Å². The summed E-state index contributed by atoms with van der Waals surface area (Å²) in [4.78, 5) is 14.4. The quantitative estimate of drug-likeness (QED) is 0.667. The van der Waals surface area contributed by atoms with Crippen LogP contribution in [-0.4, -0.2) is 56.8 Å². The Morgan fingerprint density at radius 3 is 2.38 bits per heavy atom. The van der Waals surface area contributed by atoms with Crippen molar-refractivity contribution in [1.82, 2.24) is 9.21 Å². The average molecular weight is 457 g/mol. The zero-order valence-electron chi connectivity index (χ0n) is 16.0. The van der Waals surface area contributed by atoms with Crippen molar-refractivity contribution in [3.05, 3.63) is 58.1 Å². The Morgan fingerprint density at radius 1 is 1.03 bits per heavy atom. The SMILES string of the molecule is COc1ccccc1CCC(=O)N1CCN(S(=O)(=O)c2ccc(Cl)c(Cl)c2)CC1. The Kier molecular flexibility index (Phi) is 7.05. The van der Waals surface area contributed by atoms with Gasteiger partial charge in [-0.15, -0.1) is 0 Å². The molecule has 6 nitrogen and oxygen atoms in total. The van der Waals surface area contributed by atoms with Gasteiger partial charge in [-0.3, -0.25) is 4.79 Å². The fourth-order valence-corrected chi connectivity index (χ4v) is 5.09. The van der Waals surface area contributed by atoms with Gasteiger partial charge in [-0.1, -0.05) is 41.4 Å². The number of sulfonamides is 1. The molecule has 29 heavy (non-hydrogen) atoms. The van der Waals surface area contributed by atoms with E-state index in [2.05, 4.69) is 0 Å². The van der Waals surface area contributed by atoms with Crippen LogP contribution in [0, 0.1) is 0 Å². The number of amides is 1. The lowest BCUT2D eigenvalue weighted by Crippen LogP contribution is -2.50. The maximum atomic E-state index is 12.8. The first kappa shape index (κ1) is 21.9. The average Bonchev–Trinajstić information content (AvgIpc) is 2.74. The number of rotatable bonds is 6. The molecule has 1 saturated heterocycles. The molecule has 2 aromatic carbocycles. The number of hydrogen-bond donors (Lipinski definition) is 0. The van der Waals surface area contributed by atoms with Crippen molar-refractivity contribution in [2.45, 2.75) is 17.7 Å². The Balaban J connectivity index is 1.58. The van der Waals surface area contributed by atoms with E-state index in [1.165, 1.54) is 22.5 Å². The van der Waals surface area contributed by atoms with Gasteiger partial charge in [-0.25, -0.2) is 8.42 Å². The van der Waals surface area contributed by atoms with Gasteiger partial charge in [0.25, 0.3) is 0 Å². The van der Waals surface area contributed by atoms with Gasteiger partial charge in [0.2, 0.25) is 15.9 Å². The Hall–Kier alpha value is -1.80. The van der Waals surface area contributed by atoms with E-state index in [4.69, 9.17) is 27.9 Å². The van der Waals surface area contributed by atoms with Gasteiger partial charge in [-0.2, -0.15) is 4.31 Å². The number of carbonyl (C=O) groups is 1. The summed E-state index contributed by atoms with van der Waals surface area (Å²) in [5.41, 5.74) is 0.976. The molecule has 1 aliphatic heterocycles. The van der Waals surface area contributed by atoms with Crippen molar-refractivity contribution in [2.75, 3.05) is 33.3 Å². The molecule has 1 amide bonds.